The van der Waals surface area contributed by atoms with Crippen LogP contribution in [0, 0.1) is 5.41 Å². The molecule has 0 saturated heterocycles. The monoisotopic (exact) mass is 246 g/mol. The summed E-state index contributed by atoms with van der Waals surface area (Å²) in [6, 6.07) is 1.78. The van der Waals surface area contributed by atoms with Crippen LogP contribution in [0.25, 0.3) is 0 Å². The van der Waals surface area contributed by atoms with Gasteiger partial charge in [0, 0.05) is 37.4 Å². The van der Waals surface area contributed by atoms with E-state index in [1.54, 1.807) is 6.20 Å². The minimum Gasteiger partial charge on any atom is -0.354 e. The maximum atomic E-state index is 11.9. The molecule has 2 aliphatic rings. The van der Waals surface area contributed by atoms with E-state index < -0.39 is 0 Å². The summed E-state index contributed by atoms with van der Waals surface area (Å²) < 4.78 is 1.95. The second kappa shape index (κ2) is 4.57. The summed E-state index contributed by atoms with van der Waals surface area (Å²) in [4.78, 5) is 11.9. The van der Waals surface area contributed by atoms with E-state index >= 15 is 0 Å². The summed E-state index contributed by atoms with van der Waals surface area (Å²) in [5, 5.41) is 10.4. The van der Waals surface area contributed by atoms with Gasteiger partial charge in [0.1, 0.15) is 6.04 Å². The predicted molar refractivity (Wildman–Crippen MR) is 67.8 cm³/mol. The Bertz CT molecular complexity index is 448. The smallest absolute Gasteiger partial charge is 0.241 e. The van der Waals surface area contributed by atoms with Crippen LogP contribution in [0.3, 0.4) is 0 Å². The molecule has 3 rings (SSSR count). The first kappa shape index (κ1) is 11.5. The minimum atomic E-state index is -0.148. The highest BCUT2D eigenvalue weighted by atomic mass is 16.2. The van der Waals surface area contributed by atoms with Gasteiger partial charge in [-0.25, -0.2) is 0 Å². The van der Waals surface area contributed by atoms with Gasteiger partial charge < -0.3 is 5.32 Å². The SMILES string of the molecule is O=C(NCC1(Cn2cccn2)CC1)C1C=CCN1. The minimum absolute atomic E-state index is 0.0792. The molecule has 1 aliphatic carbocycles. The predicted octanol–water partition coefficient (Wildman–Crippen LogP) is 0.307. The molecular formula is C13H18N4O. The zero-order chi connectivity index (χ0) is 12.4. The summed E-state index contributed by atoms with van der Waals surface area (Å²) >= 11 is 0. The number of hydrogen-bond donors (Lipinski definition) is 2. The van der Waals surface area contributed by atoms with E-state index in [4.69, 9.17) is 0 Å². The van der Waals surface area contributed by atoms with Crippen molar-refractivity contribution in [1.29, 1.82) is 0 Å². The third kappa shape index (κ3) is 2.46. The van der Waals surface area contributed by atoms with Gasteiger partial charge in [0.15, 0.2) is 0 Å². The molecule has 96 valence electrons. The van der Waals surface area contributed by atoms with Crippen molar-refractivity contribution < 1.29 is 4.79 Å². The summed E-state index contributed by atoms with van der Waals surface area (Å²) in [5.41, 5.74) is 0.226. The normalized spacial score (nSPS) is 24.1. The van der Waals surface area contributed by atoms with Gasteiger partial charge in [-0.1, -0.05) is 12.2 Å². The fourth-order valence-electron chi connectivity index (χ4n) is 2.34. The van der Waals surface area contributed by atoms with E-state index in [9.17, 15) is 4.79 Å². The Morgan fingerprint density at radius 2 is 2.44 bits per heavy atom. The van der Waals surface area contributed by atoms with Crippen molar-refractivity contribution >= 4 is 5.91 Å². The number of aromatic nitrogens is 2. The standard InChI is InChI=1S/C13H18N4O/c18-12(11-3-1-6-14-11)15-9-13(4-5-13)10-17-8-2-7-16-17/h1-3,7-8,11,14H,4-6,9-10H2,(H,15,18). The molecular weight excluding hydrogens is 228 g/mol. The summed E-state index contributed by atoms with van der Waals surface area (Å²) in [5.74, 6) is 0.0792. The maximum Gasteiger partial charge on any atom is 0.241 e. The lowest BCUT2D eigenvalue weighted by molar-refractivity contribution is -0.122. The molecule has 1 aromatic rings. The summed E-state index contributed by atoms with van der Waals surface area (Å²) in [6.07, 6.45) is 10.0. The Hall–Kier alpha value is -1.62. The molecule has 1 aliphatic heterocycles. The van der Waals surface area contributed by atoms with Crippen LogP contribution in [0.15, 0.2) is 30.6 Å². The summed E-state index contributed by atoms with van der Waals surface area (Å²) in [7, 11) is 0. The molecule has 1 saturated carbocycles. The number of amides is 1. The van der Waals surface area contributed by atoms with Crippen molar-refractivity contribution in [2.75, 3.05) is 13.1 Å². The first-order chi connectivity index (χ1) is 8.77. The molecule has 1 amide bonds. The van der Waals surface area contributed by atoms with Gasteiger partial charge in [-0.2, -0.15) is 5.10 Å². The first-order valence-corrected chi connectivity index (χ1v) is 6.43. The molecule has 5 heteroatoms. The van der Waals surface area contributed by atoms with Gasteiger partial charge in [0.25, 0.3) is 0 Å². The lowest BCUT2D eigenvalue weighted by Crippen LogP contribution is -2.43. The van der Waals surface area contributed by atoms with Crippen molar-refractivity contribution in [3.8, 4) is 0 Å². The molecule has 1 aromatic heterocycles. The zero-order valence-corrected chi connectivity index (χ0v) is 10.3. The number of rotatable bonds is 5. The highest BCUT2D eigenvalue weighted by Crippen LogP contribution is 2.46. The van der Waals surface area contributed by atoms with E-state index in [1.807, 2.05) is 29.1 Å². The molecule has 1 fully saturated rings. The fraction of sp³-hybridized carbons (Fsp3) is 0.538. The highest BCUT2D eigenvalue weighted by Gasteiger charge is 2.43. The number of hydrogen-bond acceptors (Lipinski definition) is 3. The Morgan fingerprint density at radius 3 is 3.06 bits per heavy atom. The van der Waals surface area contributed by atoms with Crippen molar-refractivity contribution in [1.82, 2.24) is 20.4 Å². The topological polar surface area (TPSA) is 59.0 Å². The van der Waals surface area contributed by atoms with Crippen molar-refractivity contribution in [2.24, 2.45) is 5.41 Å². The van der Waals surface area contributed by atoms with Crippen LogP contribution in [-0.2, 0) is 11.3 Å². The number of nitrogens with zero attached hydrogens (tertiary/aromatic N) is 2. The number of carbonyl (C=O) groups excluding carboxylic acids is 1. The van der Waals surface area contributed by atoms with Crippen LogP contribution >= 0.6 is 0 Å². The average Bonchev–Trinajstić information content (AvgIpc) is 2.84. The Morgan fingerprint density at radius 1 is 1.56 bits per heavy atom. The van der Waals surface area contributed by atoms with Crippen LogP contribution in [0.2, 0.25) is 0 Å². The average molecular weight is 246 g/mol. The molecule has 0 radical (unpaired) electrons. The Labute approximate surface area is 106 Å². The van der Waals surface area contributed by atoms with Crippen molar-refractivity contribution in [3.63, 3.8) is 0 Å². The molecule has 1 unspecified atom stereocenters. The summed E-state index contributed by atoms with van der Waals surface area (Å²) in [6.45, 7) is 2.43. The first-order valence-electron chi connectivity index (χ1n) is 6.43. The Balaban J connectivity index is 1.50. The van der Waals surface area contributed by atoms with Crippen LogP contribution in [0.1, 0.15) is 12.8 Å². The van der Waals surface area contributed by atoms with Crippen LogP contribution in [0.4, 0.5) is 0 Å². The highest BCUT2D eigenvalue weighted by molar-refractivity contribution is 5.84. The molecule has 1 atom stereocenters. The van der Waals surface area contributed by atoms with Gasteiger partial charge in [-0.15, -0.1) is 0 Å². The molecule has 5 nitrogen and oxygen atoms in total. The van der Waals surface area contributed by atoms with Crippen LogP contribution < -0.4 is 10.6 Å². The largest absolute Gasteiger partial charge is 0.354 e. The van der Waals surface area contributed by atoms with E-state index in [0.717, 1.165) is 19.6 Å². The van der Waals surface area contributed by atoms with Gasteiger partial charge in [-0.05, 0) is 18.9 Å². The van der Waals surface area contributed by atoms with Crippen molar-refractivity contribution in [2.45, 2.75) is 25.4 Å². The molecule has 2 heterocycles. The third-order valence-corrected chi connectivity index (χ3v) is 3.72. The third-order valence-electron chi connectivity index (χ3n) is 3.72. The van der Waals surface area contributed by atoms with Gasteiger partial charge in [0.2, 0.25) is 5.91 Å². The lowest BCUT2D eigenvalue weighted by atomic mass is 10.1. The van der Waals surface area contributed by atoms with E-state index in [2.05, 4.69) is 15.7 Å². The zero-order valence-electron chi connectivity index (χ0n) is 10.3. The molecule has 0 bridgehead atoms. The molecule has 2 N–H and O–H groups in total. The van der Waals surface area contributed by atoms with E-state index in [-0.39, 0.29) is 17.4 Å². The van der Waals surface area contributed by atoms with Gasteiger partial charge >= 0.3 is 0 Å². The van der Waals surface area contributed by atoms with E-state index in [1.165, 1.54) is 12.8 Å². The number of nitrogens with one attached hydrogen (secondary N) is 2. The van der Waals surface area contributed by atoms with Crippen LogP contribution in [-0.4, -0.2) is 34.8 Å². The molecule has 18 heavy (non-hydrogen) atoms. The Kier molecular flexibility index (Phi) is 2.91. The quantitative estimate of drug-likeness (QED) is 0.735. The van der Waals surface area contributed by atoms with Gasteiger partial charge in [-0.3, -0.25) is 14.8 Å². The van der Waals surface area contributed by atoms with Crippen molar-refractivity contribution in [3.05, 3.63) is 30.6 Å². The van der Waals surface area contributed by atoms with E-state index in [0.29, 0.717) is 0 Å². The maximum absolute atomic E-state index is 11.9. The second-order valence-corrected chi connectivity index (χ2v) is 5.24. The number of carbonyl (C=O) groups is 1. The lowest BCUT2D eigenvalue weighted by Gasteiger charge is -2.17. The fourth-order valence-corrected chi connectivity index (χ4v) is 2.34. The van der Waals surface area contributed by atoms with Gasteiger partial charge in [0.05, 0.1) is 0 Å². The molecule has 0 spiro atoms. The molecule has 0 aromatic carbocycles. The second-order valence-electron chi connectivity index (χ2n) is 5.24. The van der Waals surface area contributed by atoms with Crippen LogP contribution in [0.5, 0.6) is 0 Å².